The Balaban J connectivity index is 1.35. The minimum Gasteiger partial charge on any atom is -0.367 e. The Bertz CT molecular complexity index is 1640. The van der Waals surface area contributed by atoms with Crippen LogP contribution in [0.25, 0.3) is 44.7 Å². The van der Waals surface area contributed by atoms with E-state index in [1.54, 1.807) is 18.6 Å². The molecule has 6 rings (SSSR count). The van der Waals surface area contributed by atoms with Crippen LogP contribution in [0.15, 0.2) is 48.9 Å². The molecule has 5 aromatic rings. The van der Waals surface area contributed by atoms with Crippen LogP contribution >= 0.6 is 0 Å². The van der Waals surface area contributed by atoms with Crippen LogP contribution < -0.4 is 10.2 Å². The number of aromatic nitrogens is 6. The van der Waals surface area contributed by atoms with Crippen molar-refractivity contribution in [2.24, 2.45) is 5.41 Å². The highest BCUT2D eigenvalue weighted by atomic mass is 16.2. The average molecular weight is 510 g/mol. The zero-order valence-corrected chi connectivity index (χ0v) is 22.0. The minimum absolute atomic E-state index is 0.0715. The van der Waals surface area contributed by atoms with Gasteiger partial charge in [-0.3, -0.25) is 19.9 Å². The molecule has 1 aliphatic rings. The van der Waals surface area contributed by atoms with Crippen molar-refractivity contribution < 1.29 is 4.79 Å². The second-order valence-electron chi connectivity index (χ2n) is 10.9. The van der Waals surface area contributed by atoms with Crippen molar-refractivity contribution >= 4 is 39.2 Å². The van der Waals surface area contributed by atoms with Gasteiger partial charge in [0.1, 0.15) is 11.2 Å². The van der Waals surface area contributed by atoms with Gasteiger partial charge in [0.2, 0.25) is 5.91 Å². The van der Waals surface area contributed by atoms with Crippen molar-refractivity contribution in [1.82, 2.24) is 35.0 Å². The molecule has 194 valence electrons. The maximum atomic E-state index is 12.5. The summed E-state index contributed by atoms with van der Waals surface area (Å²) in [4.78, 5) is 34.6. The zero-order valence-electron chi connectivity index (χ0n) is 22.0. The van der Waals surface area contributed by atoms with Crippen LogP contribution in [-0.4, -0.2) is 74.2 Å². The number of amides is 1. The van der Waals surface area contributed by atoms with Gasteiger partial charge in [-0.2, -0.15) is 5.10 Å². The molecular formula is C28H31N9O. The van der Waals surface area contributed by atoms with E-state index in [4.69, 9.17) is 4.98 Å². The number of rotatable bonds is 4. The lowest BCUT2D eigenvalue weighted by Gasteiger charge is -2.34. The van der Waals surface area contributed by atoms with Crippen LogP contribution in [0, 0.1) is 5.41 Å². The summed E-state index contributed by atoms with van der Waals surface area (Å²) >= 11 is 0. The van der Waals surface area contributed by atoms with Gasteiger partial charge in [0, 0.05) is 48.7 Å². The topological polar surface area (TPSA) is 119 Å². The largest absolute Gasteiger partial charge is 0.367 e. The van der Waals surface area contributed by atoms with Crippen LogP contribution in [0.3, 0.4) is 0 Å². The van der Waals surface area contributed by atoms with E-state index in [1.165, 1.54) is 0 Å². The SMILES string of the molecule is CN1CCN(c2cccc3[nH]c(-c4n[nH]c5cnc(-c6cncc(NC(=O)C(C)(C)C)c6)cc45)nc23)CC1. The molecule has 1 saturated heterocycles. The second kappa shape index (κ2) is 9.21. The number of nitrogens with zero attached hydrogens (tertiary/aromatic N) is 6. The summed E-state index contributed by atoms with van der Waals surface area (Å²) in [7, 11) is 2.16. The van der Waals surface area contributed by atoms with Crippen LogP contribution in [0.1, 0.15) is 20.8 Å². The highest BCUT2D eigenvalue weighted by molar-refractivity contribution is 5.97. The first-order valence-electron chi connectivity index (χ1n) is 12.8. The van der Waals surface area contributed by atoms with E-state index in [0.29, 0.717) is 11.5 Å². The van der Waals surface area contributed by atoms with Crippen molar-refractivity contribution in [3.63, 3.8) is 0 Å². The zero-order chi connectivity index (χ0) is 26.4. The monoisotopic (exact) mass is 509 g/mol. The third-order valence-electron chi connectivity index (χ3n) is 6.98. The van der Waals surface area contributed by atoms with Crippen molar-refractivity contribution in [2.75, 3.05) is 43.4 Å². The quantitative estimate of drug-likeness (QED) is 0.330. The molecule has 0 radical (unpaired) electrons. The molecule has 1 aliphatic heterocycles. The Kier molecular flexibility index (Phi) is 5.83. The fraction of sp³-hybridized carbons (Fsp3) is 0.321. The van der Waals surface area contributed by atoms with E-state index in [9.17, 15) is 4.79 Å². The molecule has 0 unspecified atom stereocenters. The number of benzene rings is 1. The minimum atomic E-state index is -0.504. The van der Waals surface area contributed by atoms with E-state index in [0.717, 1.165) is 70.8 Å². The maximum Gasteiger partial charge on any atom is 0.229 e. The summed E-state index contributed by atoms with van der Waals surface area (Å²) in [5.74, 6) is 0.632. The van der Waals surface area contributed by atoms with Crippen LogP contribution in [-0.2, 0) is 4.79 Å². The number of hydrogen-bond donors (Lipinski definition) is 3. The molecule has 3 N–H and O–H groups in total. The number of para-hydroxylation sites is 1. The van der Waals surface area contributed by atoms with Crippen LogP contribution in [0.5, 0.6) is 0 Å². The maximum absolute atomic E-state index is 12.5. The standard InChI is InChI=1S/C28H31N9O/c1-28(2,3)27(38)31-18-12-17(14-29-15-18)21-13-19-22(16-30-21)34-35-24(19)26-32-20-6-5-7-23(25(20)33-26)37-10-8-36(4)9-11-37/h5-7,12-16H,8-11H2,1-4H3,(H,31,38)(H,32,33)(H,34,35). The number of nitrogens with one attached hydrogen (secondary N) is 3. The summed E-state index contributed by atoms with van der Waals surface area (Å²) in [6.45, 7) is 9.64. The van der Waals surface area contributed by atoms with Crippen molar-refractivity contribution in [2.45, 2.75) is 20.8 Å². The fourth-order valence-electron chi connectivity index (χ4n) is 4.65. The summed E-state index contributed by atoms with van der Waals surface area (Å²) in [6.07, 6.45) is 5.14. The molecule has 0 spiro atoms. The van der Waals surface area contributed by atoms with Gasteiger partial charge in [-0.1, -0.05) is 26.8 Å². The summed E-state index contributed by atoms with van der Waals surface area (Å²) in [5.41, 5.74) is 6.27. The first kappa shape index (κ1) is 24.1. The molecule has 10 nitrogen and oxygen atoms in total. The van der Waals surface area contributed by atoms with Gasteiger partial charge in [-0.05, 0) is 31.3 Å². The predicted octanol–water partition coefficient (Wildman–Crippen LogP) is 4.30. The first-order chi connectivity index (χ1) is 18.3. The molecule has 38 heavy (non-hydrogen) atoms. The molecule has 0 saturated carbocycles. The Morgan fingerprint density at radius 3 is 2.63 bits per heavy atom. The number of H-pyrrole nitrogens is 2. The van der Waals surface area contributed by atoms with E-state index in [1.807, 2.05) is 32.9 Å². The third kappa shape index (κ3) is 4.47. The van der Waals surface area contributed by atoms with E-state index >= 15 is 0 Å². The lowest BCUT2D eigenvalue weighted by molar-refractivity contribution is -0.123. The Labute approximate surface area is 220 Å². The molecule has 1 fully saturated rings. The van der Waals surface area contributed by atoms with Gasteiger partial charge in [-0.15, -0.1) is 0 Å². The molecule has 10 heteroatoms. The molecule has 0 aliphatic carbocycles. The number of carbonyl (C=O) groups excluding carboxylic acids is 1. The second-order valence-corrected chi connectivity index (χ2v) is 10.9. The lowest BCUT2D eigenvalue weighted by Crippen LogP contribution is -2.44. The van der Waals surface area contributed by atoms with Gasteiger partial charge < -0.3 is 20.1 Å². The van der Waals surface area contributed by atoms with Gasteiger partial charge >= 0.3 is 0 Å². The summed E-state index contributed by atoms with van der Waals surface area (Å²) < 4.78 is 0. The molecule has 4 aromatic heterocycles. The number of carbonyl (C=O) groups is 1. The molecule has 0 bridgehead atoms. The van der Waals surface area contributed by atoms with E-state index in [2.05, 4.69) is 65.5 Å². The van der Waals surface area contributed by atoms with Gasteiger partial charge in [0.15, 0.2) is 5.82 Å². The Hall–Kier alpha value is -4.31. The van der Waals surface area contributed by atoms with Crippen LogP contribution in [0.4, 0.5) is 11.4 Å². The normalized spacial score (nSPS) is 14.9. The van der Waals surface area contributed by atoms with Crippen LogP contribution in [0.2, 0.25) is 0 Å². The number of imidazole rings is 1. The van der Waals surface area contributed by atoms with Gasteiger partial charge in [0.05, 0.1) is 40.5 Å². The average Bonchev–Trinajstić information content (AvgIpc) is 3.52. The Morgan fingerprint density at radius 1 is 1.03 bits per heavy atom. The predicted molar refractivity (Wildman–Crippen MR) is 150 cm³/mol. The molecular weight excluding hydrogens is 478 g/mol. The number of fused-ring (bicyclic) bond motifs is 2. The number of piperazine rings is 1. The molecule has 5 heterocycles. The summed E-state index contributed by atoms with van der Waals surface area (Å²) in [5, 5.41) is 11.5. The van der Waals surface area contributed by atoms with Gasteiger partial charge in [0.25, 0.3) is 0 Å². The molecule has 1 amide bonds. The van der Waals surface area contributed by atoms with Gasteiger partial charge in [-0.25, -0.2) is 4.98 Å². The van der Waals surface area contributed by atoms with E-state index in [-0.39, 0.29) is 5.91 Å². The smallest absolute Gasteiger partial charge is 0.229 e. The van der Waals surface area contributed by atoms with Crippen molar-refractivity contribution in [3.05, 3.63) is 48.9 Å². The summed E-state index contributed by atoms with van der Waals surface area (Å²) in [6, 6.07) is 10.1. The van der Waals surface area contributed by atoms with E-state index < -0.39 is 5.41 Å². The lowest BCUT2D eigenvalue weighted by atomic mass is 9.95. The highest BCUT2D eigenvalue weighted by Crippen LogP contribution is 2.32. The Morgan fingerprint density at radius 2 is 1.84 bits per heavy atom. The van der Waals surface area contributed by atoms with Crippen molar-refractivity contribution in [3.8, 4) is 22.8 Å². The molecule has 1 aromatic carbocycles. The first-order valence-corrected chi connectivity index (χ1v) is 12.8. The fourth-order valence-corrected chi connectivity index (χ4v) is 4.65. The third-order valence-corrected chi connectivity index (χ3v) is 6.98. The van der Waals surface area contributed by atoms with Crippen molar-refractivity contribution in [1.29, 1.82) is 0 Å². The highest BCUT2D eigenvalue weighted by Gasteiger charge is 2.22. The number of aromatic amines is 2. The molecule has 0 atom stereocenters. The number of likely N-dealkylation sites (N-methyl/N-ethyl adjacent to an activating group) is 1. The number of hydrogen-bond acceptors (Lipinski definition) is 7. The number of anilines is 2. The number of pyridine rings is 2.